The van der Waals surface area contributed by atoms with Gasteiger partial charge in [-0.05, 0) is 42.7 Å². The summed E-state index contributed by atoms with van der Waals surface area (Å²) in [5.74, 6) is 1.34. The van der Waals surface area contributed by atoms with Crippen LogP contribution in [0.5, 0.6) is 11.5 Å². The summed E-state index contributed by atoms with van der Waals surface area (Å²) in [5.41, 5.74) is 1.93. The van der Waals surface area contributed by atoms with E-state index in [-0.39, 0.29) is 5.91 Å². The van der Waals surface area contributed by atoms with Crippen LogP contribution in [-0.4, -0.2) is 28.3 Å². The number of thioether (sulfide) groups is 1. The molecular weight excluding hydrogens is 390 g/mol. The molecule has 0 bridgehead atoms. The molecule has 6 heteroatoms. The van der Waals surface area contributed by atoms with Gasteiger partial charge in [-0.2, -0.15) is 0 Å². The van der Waals surface area contributed by atoms with Gasteiger partial charge in [-0.15, -0.1) is 0 Å². The molecule has 146 valence electrons. The van der Waals surface area contributed by atoms with Gasteiger partial charge in [0.15, 0.2) is 11.5 Å². The lowest BCUT2D eigenvalue weighted by molar-refractivity contribution is -0.122. The Hall–Kier alpha value is -2.31. The number of ether oxygens (including phenoxy) is 2. The van der Waals surface area contributed by atoms with Crippen molar-refractivity contribution in [1.29, 1.82) is 0 Å². The highest BCUT2D eigenvalue weighted by Crippen LogP contribution is 2.35. The Bertz CT molecular complexity index is 881. The van der Waals surface area contributed by atoms with Gasteiger partial charge in [0, 0.05) is 0 Å². The van der Waals surface area contributed by atoms with Gasteiger partial charge in [-0.3, -0.25) is 9.69 Å². The molecule has 2 aromatic carbocycles. The molecule has 0 aliphatic carbocycles. The van der Waals surface area contributed by atoms with Crippen LogP contribution < -0.4 is 9.47 Å². The molecule has 0 spiro atoms. The van der Waals surface area contributed by atoms with Crippen molar-refractivity contribution in [2.75, 3.05) is 13.2 Å². The van der Waals surface area contributed by atoms with Crippen molar-refractivity contribution in [1.82, 2.24) is 4.90 Å². The summed E-state index contributed by atoms with van der Waals surface area (Å²) in [6.45, 7) is 5.66. The number of amides is 1. The normalized spacial score (nSPS) is 15.4. The smallest absolute Gasteiger partial charge is 0.266 e. The molecule has 0 aromatic heterocycles. The van der Waals surface area contributed by atoms with Crippen molar-refractivity contribution in [3.63, 3.8) is 0 Å². The van der Waals surface area contributed by atoms with E-state index in [1.54, 1.807) is 4.90 Å². The third kappa shape index (κ3) is 4.94. The summed E-state index contributed by atoms with van der Waals surface area (Å²) in [4.78, 5) is 15.1. The standard InChI is InChI=1S/C22H23NO3S2/c1-3-12-26-18-11-10-17(13-19(18)25-4-2)14-20-21(24)23(22(27)28-20)15-16-8-6-5-7-9-16/h5-11,13-14H,3-4,12,15H2,1-2H3/b20-14+. The first kappa shape index (κ1) is 20.4. The second kappa shape index (κ2) is 9.75. The number of carbonyl (C=O) groups excluding carboxylic acids is 1. The fourth-order valence-corrected chi connectivity index (χ4v) is 4.02. The first-order valence-electron chi connectivity index (χ1n) is 9.31. The lowest BCUT2D eigenvalue weighted by Gasteiger charge is -2.14. The van der Waals surface area contributed by atoms with Gasteiger partial charge >= 0.3 is 0 Å². The zero-order valence-electron chi connectivity index (χ0n) is 16.0. The number of hydrogen-bond acceptors (Lipinski definition) is 5. The highest BCUT2D eigenvalue weighted by molar-refractivity contribution is 8.26. The highest BCUT2D eigenvalue weighted by Gasteiger charge is 2.32. The molecular formula is C22H23NO3S2. The molecule has 0 atom stereocenters. The Kier molecular flexibility index (Phi) is 7.12. The quantitative estimate of drug-likeness (QED) is 0.435. The predicted octanol–water partition coefficient (Wildman–Crippen LogP) is 5.28. The Morgan fingerprint density at radius 3 is 2.57 bits per heavy atom. The van der Waals surface area contributed by atoms with E-state index in [0.29, 0.717) is 34.7 Å². The second-order valence-corrected chi connectivity index (χ2v) is 7.92. The van der Waals surface area contributed by atoms with Crippen LogP contribution in [-0.2, 0) is 11.3 Å². The van der Waals surface area contributed by atoms with Crippen LogP contribution >= 0.6 is 24.0 Å². The zero-order valence-corrected chi connectivity index (χ0v) is 17.6. The second-order valence-electron chi connectivity index (χ2n) is 6.24. The van der Waals surface area contributed by atoms with Crippen LogP contribution in [0.4, 0.5) is 0 Å². The van der Waals surface area contributed by atoms with Crippen LogP contribution in [0.3, 0.4) is 0 Å². The molecule has 1 aliphatic rings. The SMILES string of the molecule is CCCOc1ccc(/C=C2/SC(=S)N(Cc3ccccc3)C2=O)cc1OCC. The number of rotatable bonds is 8. The fraction of sp³-hybridized carbons (Fsp3) is 0.273. The minimum absolute atomic E-state index is 0.0666. The molecule has 28 heavy (non-hydrogen) atoms. The molecule has 0 radical (unpaired) electrons. The Morgan fingerprint density at radius 2 is 1.86 bits per heavy atom. The molecule has 0 unspecified atom stereocenters. The molecule has 0 saturated carbocycles. The third-order valence-corrected chi connectivity index (χ3v) is 5.46. The van der Waals surface area contributed by atoms with E-state index < -0.39 is 0 Å². The number of benzene rings is 2. The van der Waals surface area contributed by atoms with E-state index in [1.807, 2.05) is 61.5 Å². The number of nitrogens with zero attached hydrogens (tertiary/aromatic N) is 1. The van der Waals surface area contributed by atoms with E-state index in [4.69, 9.17) is 21.7 Å². The molecule has 1 aliphatic heterocycles. The predicted molar refractivity (Wildman–Crippen MR) is 119 cm³/mol. The Balaban J connectivity index is 1.80. The van der Waals surface area contributed by atoms with Gasteiger partial charge in [-0.25, -0.2) is 0 Å². The van der Waals surface area contributed by atoms with Crippen molar-refractivity contribution in [2.24, 2.45) is 0 Å². The molecule has 1 amide bonds. The van der Waals surface area contributed by atoms with Gasteiger partial charge in [0.2, 0.25) is 0 Å². The maximum atomic E-state index is 12.8. The Morgan fingerprint density at radius 1 is 1.07 bits per heavy atom. The summed E-state index contributed by atoms with van der Waals surface area (Å²) in [6, 6.07) is 15.6. The largest absolute Gasteiger partial charge is 0.490 e. The van der Waals surface area contributed by atoms with Crippen LogP contribution in [0.1, 0.15) is 31.4 Å². The first-order valence-corrected chi connectivity index (χ1v) is 10.5. The summed E-state index contributed by atoms with van der Waals surface area (Å²) in [7, 11) is 0. The van der Waals surface area contributed by atoms with Gasteiger partial charge < -0.3 is 9.47 Å². The lowest BCUT2D eigenvalue weighted by atomic mass is 10.1. The van der Waals surface area contributed by atoms with Crippen molar-refractivity contribution in [3.05, 3.63) is 64.6 Å². The van der Waals surface area contributed by atoms with Crippen molar-refractivity contribution < 1.29 is 14.3 Å². The monoisotopic (exact) mass is 413 g/mol. The average molecular weight is 414 g/mol. The summed E-state index contributed by atoms with van der Waals surface area (Å²) in [6.07, 6.45) is 2.79. The van der Waals surface area contributed by atoms with Crippen molar-refractivity contribution in [3.8, 4) is 11.5 Å². The van der Waals surface area contributed by atoms with Gasteiger partial charge in [0.05, 0.1) is 24.7 Å². The maximum absolute atomic E-state index is 12.8. The Labute approximate surface area is 175 Å². The third-order valence-electron chi connectivity index (χ3n) is 4.08. The van der Waals surface area contributed by atoms with E-state index in [9.17, 15) is 4.79 Å². The summed E-state index contributed by atoms with van der Waals surface area (Å²) < 4.78 is 12.0. The molecule has 3 rings (SSSR count). The van der Waals surface area contributed by atoms with Crippen LogP contribution in [0.25, 0.3) is 6.08 Å². The number of carbonyl (C=O) groups is 1. The summed E-state index contributed by atoms with van der Waals surface area (Å²) >= 11 is 6.76. The molecule has 0 N–H and O–H groups in total. The fourth-order valence-electron chi connectivity index (χ4n) is 2.77. The molecule has 1 fully saturated rings. The number of thiocarbonyl (C=S) groups is 1. The number of hydrogen-bond donors (Lipinski definition) is 0. The highest BCUT2D eigenvalue weighted by atomic mass is 32.2. The molecule has 4 nitrogen and oxygen atoms in total. The average Bonchev–Trinajstić information content (AvgIpc) is 2.96. The van der Waals surface area contributed by atoms with Crippen molar-refractivity contribution in [2.45, 2.75) is 26.8 Å². The lowest BCUT2D eigenvalue weighted by Crippen LogP contribution is -2.27. The van der Waals surface area contributed by atoms with E-state index in [0.717, 1.165) is 23.3 Å². The van der Waals surface area contributed by atoms with Gasteiger partial charge in [0.1, 0.15) is 4.32 Å². The molecule has 1 saturated heterocycles. The molecule has 2 aromatic rings. The first-order chi connectivity index (χ1) is 13.6. The van der Waals surface area contributed by atoms with E-state index >= 15 is 0 Å². The minimum atomic E-state index is -0.0666. The summed E-state index contributed by atoms with van der Waals surface area (Å²) in [5, 5.41) is 0. The van der Waals surface area contributed by atoms with Gasteiger partial charge in [0.25, 0.3) is 5.91 Å². The van der Waals surface area contributed by atoms with Crippen LogP contribution in [0.15, 0.2) is 53.4 Å². The van der Waals surface area contributed by atoms with Crippen LogP contribution in [0.2, 0.25) is 0 Å². The molecule has 1 heterocycles. The van der Waals surface area contributed by atoms with Gasteiger partial charge in [-0.1, -0.05) is 67.3 Å². The van der Waals surface area contributed by atoms with Crippen molar-refractivity contribution >= 4 is 40.3 Å². The van der Waals surface area contributed by atoms with E-state index in [1.165, 1.54) is 11.8 Å². The zero-order chi connectivity index (χ0) is 19.9. The van der Waals surface area contributed by atoms with E-state index in [2.05, 4.69) is 6.92 Å². The topological polar surface area (TPSA) is 38.8 Å². The van der Waals surface area contributed by atoms with Crippen LogP contribution in [0, 0.1) is 0 Å². The minimum Gasteiger partial charge on any atom is -0.490 e. The maximum Gasteiger partial charge on any atom is 0.266 e.